The van der Waals surface area contributed by atoms with E-state index in [0.717, 1.165) is 49.4 Å². The molecule has 0 amide bonds. The molecule has 0 saturated heterocycles. The predicted octanol–water partition coefficient (Wildman–Crippen LogP) is 15.1. The third-order valence-electron chi connectivity index (χ3n) is 11.4. The summed E-state index contributed by atoms with van der Waals surface area (Å²) >= 11 is 0. The third-order valence-corrected chi connectivity index (χ3v) is 11.4. The maximum Gasteiger partial charge on any atom is 0.178 e. The molecule has 2 heterocycles. The van der Waals surface area contributed by atoms with Crippen LogP contribution in [0.3, 0.4) is 0 Å². The molecule has 0 N–H and O–H groups in total. The summed E-state index contributed by atoms with van der Waals surface area (Å²) in [5.74, 6) is 0. The molecule has 0 aliphatic rings. The normalized spacial score (nSPS) is 12.1. The van der Waals surface area contributed by atoms with Gasteiger partial charge in [0.25, 0.3) is 0 Å². The molecule has 0 saturated carbocycles. The molecule has 0 unspecified atom stereocenters. The van der Waals surface area contributed by atoms with Crippen molar-refractivity contribution in [3.05, 3.63) is 182 Å². The molecule has 0 fully saturated rings. The fraction of sp³-hybridized carbons (Fsp3) is 0. The van der Waals surface area contributed by atoms with E-state index in [1.54, 1.807) is 0 Å². The van der Waals surface area contributed by atoms with Gasteiger partial charge in [0, 0.05) is 21.5 Å². The van der Waals surface area contributed by atoms with Crippen molar-refractivity contribution < 1.29 is 8.83 Å². The van der Waals surface area contributed by atoms with Gasteiger partial charge in [-0.05, 0) is 137 Å². The van der Waals surface area contributed by atoms with Crippen molar-refractivity contribution in [3.63, 3.8) is 0 Å². The van der Waals surface area contributed by atoms with Crippen molar-refractivity contribution in [2.45, 2.75) is 0 Å². The second-order valence-corrected chi connectivity index (χ2v) is 14.5. The monoisotopic (exact) mass is 686 g/mol. The van der Waals surface area contributed by atoms with Crippen molar-refractivity contribution in [1.82, 2.24) is 0 Å². The van der Waals surface area contributed by atoms with Gasteiger partial charge < -0.3 is 8.83 Å². The highest BCUT2D eigenvalue weighted by Gasteiger charge is 2.18. The van der Waals surface area contributed by atoms with Gasteiger partial charge in [0.1, 0.15) is 11.2 Å². The SMILES string of the molecule is c1ccc2cc(-c3ccc4oc5c(ccc6c7cc(-c8ccc9cc(-c%10cc%11ccccc%11c%11ccccc%10%11)ccc9c8)ccc7oc65)c4c3)ccc2c1. The van der Waals surface area contributed by atoms with E-state index in [9.17, 15) is 0 Å². The van der Waals surface area contributed by atoms with Crippen LogP contribution < -0.4 is 0 Å². The van der Waals surface area contributed by atoms with Crippen molar-refractivity contribution in [2.24, 2.45) is 0 Å². The maximum absolute atomic E-state index is 6.54. The van der Waals surface area contributed by atoms with Crippen LogP contribution in [-0.2, 0) is 0 Å². The van der Waals surface area contributed by atoms with E-state index in [1.165, 1.54) is 70.9 Å². The van der Waals surface area contributed by atoms with Gasteiger partial charge in [0.05, 0.1) is 0 Å². The van der Waals surface area contributed by atoms with Crippen molar-refractivity contribution in [3.8, 4) is 33.4 Å². The van der Waals surface area contributed by atoms with E-state index in [-0.39, 0.29) is 0 Å². The minimum Gasteiger partial charge on any atom is -0.452 e. The fourth-order valence-corrected chi connectivity index (χ4v) is 8.68. The molecule has 2 nitrogen and oxygen atoms in total. The van der Waals surface area contributed by atoms with Gasteiger partial charge in [-0.25, -0.2) is 0 Å². The Morgan fingerprint density at radius 3 is 1.33 bits per heavy atom. The van der Waals surface area contributed by atoms with Gasteiger partial charge in [-0.15, -0.1) is 0 Å². The number of hydrogen-bond acceptors (Lipinski definition) is 2. The lowest BCUT2D eigenvalue weighted by Gasteiger charge is -2.12. The van der Waals surface area contributed by atoms with Crippen LogP contribution in [0.4, 0.5) is 0 Å². The van der Waals surface area contributed by atoms with E-state index >= 15 is 0 Å². The highest BCUT2D eigenvalue weighted by molar-refractivity contribution is 6.20. The highest BCUT2D eigenvalue weighted by Crippen LogP contribution is 2.42. The average molecular weight is 687 g/mol. The summed E-state index contributed by atoms with van der Waals surface area (Å²) in [5.41, 5.74) is 10.5. The Hall–Kier alpha value is -7.16. The van der Waals surface area contributed by atoms with Gasteiger partial charge in [-0.1, -0.05) is 121 Å². The number of benzene rings is 10. The largest absolute Gasteiger partial charge is 0.452 e. The zero-order valence-corrected chi connectivity index (χ0v) is 29.1. The highest BCUT2D eigenvalue weighted by atomic mass is 16.4. The maximum atomic E-state index is 6.54. The van der Waals surface area contributed by atoms with Gasteiger partial charge in [0.15, 0.2) is 11.2 Å². The summed E-state index contributed by atoms with van der Waals surface area (Å²) in [5, 5.41) is 14.3. The zero-order chi connectivity index (χ0) is 35.3. The Balaban J connectivity index is 0.928. The number of rotatable bonds is 3. The zero-order valence-electron chi connectivity index (χ0n) is 29.1. The van der Waals surface area contributed by atoms with Crippen LogP contribution in [0.1, 0.15) is 0 Å². The molecule has 0 radical (unpaired) electrons. The van der Waals surface area contributed by atoms with Crippen molar-refractivity contribution >= 4 is 87.0 Å². The second-order valence-electron chi connectivity index (χ2n) is 14.5. The summed E-state index contributed by atoms with van der Waals surface area (Å²) in [6.45, 7) is 0. The number of furan rings is 2. The lowest BCUT2D eigenvalue weighted by Crippen LogP contribution is -1.85. The van der Waals surface area contributed by atoms with E-state index in [0.29, 0.717) is 0 Å². The molecule has 0 aliphatic heterocycles. The van der Waals surface area contributed by atoms with Crippen LogP contribution in [0, 0.1) is 0 Å². The van der Waals surface area contributed by atoms with Crippen molar-refractivity contribution in [1.29, 1.82) is 0 Å². The first-order valence-electron chi connectivity index (χ1n) is 18.5. The molecule has 12 aromatic rings. The van der Waals surface area contributed by atoms with Crippen LogP contribution in [0.5, 0.6) is 0 Å². The first-order chi connectivity index (χ1) is 26.7. The third kappa shape index (κ3) is 4.41. The molecule has 54 heavy (non-hydrogen) atoms. The Morgan fingerprint density at radius 2 is 0.685 bits per heavy atom. The summed E-state index contributed by atoms with van der Waals surface area (Å²) in [4.78, 5) is 0. The van der Waals surface area contributed by atoms with Gasteiger partial charge in [-0.3, -0.25) is 0 Å². The van der Waals surface area contributed by atoms with Crippen LogP contribution in [0.25, 0.3) is 120 Å². The van der Waals surface area contributed by atoms with Gasteiger partial charge in [-0.2, -0.15) is 0 Å². The summed E-state index contributed by atoms with van der Waals surface area (Å²) in [6, 6.07) is 65.8. The number of hydrogen-bond donors (Lipinski definition) is 0. The molecule has 250 valence electrons. The predicted molar refractivity (Wildman–Crippen MR) is 227 cm³/mol. The molecule has 0 atom stereocenters. The fourth-order valence-electron chi connectivity index (χ4n) is 8.68. The topological polar surface area (TPSA) is 26.3 Å². The molecule has 10 aromatic carbocycles. The molecule has 0 aliphatic carbocycles. The smallest absolute Gasteiger partial charge is 0.178 e. The second kappa shape index (κ2) is 11.2. The minimum absolute atomic E-state index is 0.787. The number of fused-ring (bicyclic) bond motifs is 12. The van der Waals surface area contributed by atoms with Crippen molar-refractivity contribution in [2.75, 3.05) is 0 Å². The van der Waals surface area contributed by atoms with Gasteiger partial charge in [0.2, 0.25) is 0 Å². The van der Waals surface area contributed by atoms with Gasteiger partial charge >= 0.3 is 0 Å². The Bertz CT molecular complexity index is 3510. The summed E-state index contributed by atoms with van der Waals surface area (Å²) in [6.07, 6.45) is 0. The standard InChI is InChI=1S/C52H30O2/c1-2-8-32-25-34(14-13-31(32)7-1)37-19-23-49-47(28-37)44-21-22-45-48-29-38(20-24-50(48)54-52(45)51(44)53-49)35-15-16-36-27-40(18-17-33(36)26-35)46-30-39-9-3-4-10-41(39)42-11-5-6-12-43(42)46/h1-30H. The van der Waals surface area contributed by atoms with E-state index < -0.39 is 0 Å². The Morgan fingerprint density at radius 1 is 0.241 bits per heavy atom. The lowest BCUT2D eigenvalue weighted by atomic mass is 9.92. The first-order valence-corrected chi connectivity index (χ1v) is 18.5. The Kier molecular flexibility index (Phi) is 6.09. The lowest BCUT2D eigenvalue weighted by molar-refractivity contribution is 0.633. The summed E-state index contributed by atoms with van der Waals surface area (Å²) < 4.78 is 13.1. The summed E-state index contributed by atoms with van der Waals surface area (Å²) in [7, 11) is 0. The minimum atomic E-state index is 0.787. The quantitative estimate of drug-likeness (QED) is 0.173. The van der Waals surface area contributed by atoms with Crippen LogP contribution in [0.15, 0.2) is 191 Å². The Labute approximate surface area is 310 Å². The molecule has 0 spiro atoms. The first kappa shape index (κ1) is 29.4. The molecule has 0 bridgehead atoms. The van der Waals surface area contributed by atoms with E-state index in [2.05, 4.69) is 182 Å². The molecule has 12 rings (SSSR count). The molecule has 2 aromatic heterocycles. The van der Waals surface area contributed by atoms with E-state index in [1.807, 2.05) is 0 Å². The van der Waals surface area contributed by atoms with E-state index in [4.69, 9.17) is 8.83 Å². The van der Waals surface area contributed by atoms with Crippen LogP contribution >= 0.6 is 0 Å². The van der Waals surface area contributed by atoms with Crippen LogP contribution in [-0.4, -0.2) is 0 Å². The average Bonchev–Trinajstić information content (AvgIpc) is 3.81. The molecular weight excluding hydrogens is 657 g/mol. The van der Waals surface area contributed by atoms with Crippen LogP contribution in [0.2, 0.25) is 0 Å². The molecular formula is C52H30O2. The molecule has 2 heteroatoms.